The maximum absolute atomic E-state index is 6.19. The number of nitrogens with zero attached hydrogens (tertiary/aromatic N) is 3. The Hall–Kier alpha value is -4.05. The molecular formula is C27H23N3O. The molecule has 152 valence electrons. The first-order chi connectivity index (χ1) is 15.2. The van der Waals surface area contributed by atoms with Crippen LogP contribution in [0, 0.1) is 0 Å². The van der Waals surface area contributed by atoms with Gasteiger partial charge in [0.1, 0.15) is 11.5 Å². The van der Waals surface area contributed by atoms with E-state index >= 15 is 0 Å². The van der Waals surface area contributed by atoms with E-state index in [1.165, 1.54) is 5.56 Å². The summed E-state index contributed by atoms with van der Waals surface area (Å²) in [5.41, 5.74) is 5.37. The third-order valence-corrected chi connectivity index (χ3v) is 5.26. The maximum atomic E-state index is 6.19. The molecule has 1 aromatic heterocycles. The number of hydrogen-bond acceptors (Lipinski definition) is 4. The molecule has 0 aliphatic carbocycles. The van der Waals surface area contributed by atoms with Gasteiger partial charge in [-0.2, -0.15) is 0 Å². The average molecular weight is 406 g/mol. The van der Waals surface area contributed by atoms with Crippen LogP contribution in [0.25, 0.3) is 22.4 Å². The molecule has 3 aromatic carbocycles. The van der Waals surface area contributed by atoms with Crippen molar-refractivity contribution < 1.29 is 4.74 Å². The molecule has 4 nitrogen and oxygen atoms in total. The standard InChI is InChI=1S/C27H23N3O/c1-29-15-16-30(20-29)24-10-6-12-26(19-24)31-25-11-5-9-23(17-25)27-18-22(13-14-28-27)21-7-3-2-4-8-21/h2-19H,20H2,1H3. The van der Waals surface area contributed by atoms with Crippen LogP contribution < -0.4 is 9.64 Å². The highest BCUT2D eigenvalue weighted by Gasteiger charge is 2.11. The monoisotopic (exact) mass is 405 g/mol. The number of hydrogen-bond donors (Lipinski definition) is 0. The Morgan fingerprint density at radius 1 is 0.710 bits per heavy atom. The molecule has 1 aliphatic heterocycles. The van der Waals surface area contributed by atoms with Gasteiger partial charge in [-0.3, -0.25) is 4.98 Å². The Morgan fingerprint density at radius 2 is 1.48 bits per heavy atom. The van der Waals surface area contributed by atoms with Crippen LogP contribution in [0.5, 0.6) is 11.5 Å². The molecule has 0 unspecified atom stereocenters. The van der Waals surface area contributed by atoms with Gasteiger partial charge in [-0.1, -0.05) is 48.5 Å². The molecule has 0 N–H and O–H groups in total. The average Bonchev–Trinajstić information content (AvgIpc) is 3.26. The van der Waals surface area contributed by atoms with Gasteiger partial charge in [0.2, 0.25) is 0 Å². The van der Waals surface area contributed by atoms with E-state index in [4.69, 9.17) is 4.74 Å². The van der Waals surface area contributed by atoms with Crippen LogP contribution in [0.15, 0.2) is 110 Å². The molecule has 0 atom stereocenters. The lowest BCUT2D eigenvalue weighted by Gasteiger charge is -2.19. The van der Waals surface area contributed by atoms with Gasteiger partial charge in [0.25, 0.3) is 0 Å². The quantitative estimate of drug-likeness (QED) is 0.385. The summed E-state index contributed by atoms with van der Waals surface area (Å²) < 4.78 is 6.19. The Labute approximate surface area is 182 Å². The molecule has 4 heteroatoms. The zero-order valence-electron chi connectivity index (χ0n) is 17.3. The topological polar surface area (TPSA) is 28.6 Å². The molecule has 4 aromatic rings. The Kier molecular flexibility index (Phi) is 5.11. The molecule has 31 heavy (non-hydrogen) atoms. The SMILES string of the molecule is CN1C=CN(c2cccc(Oc3cccc(-c4cc(-c5ccccc5)ccn4)c3)c2)C1. The lowest BCUT2D eigenvalue weighted by atomic mass is 10.0. The highest BCUT2D eigenvalue weighted by Crippen LogP contribution is 2.31. The van der Waals surface area contributed by atoms with Crippen molar-refractivity contribution in [1.29, 1.82) is 0 Å². The summed E-state index contributed by atoms with van der Waals surface area (Å²) in [5, 5.41) is 0. The fourth-order valence-electron chi connectivity index (χ4n) is 3.68. The normalized spacial score (nSPS) is 12.9. The van der Waals surface area contributed by atoms with E-state index in [2.05, 4.69) is 70.6 Å². The second-order valence-corrected chi connectivity index (χ2v) is 7.59. The van der Waals surface area contributed by atoms with Gasteiger partial charge in [-0.05, 0) is 47.5 Å². The molecule has 0 saturated carbocycles. The highest BCUT2D eigenvalue weighted by atomic mass is 16.5. The van der Waals surface area contributed by atoms with Crippen LogP contribution in [-0.4, -0.2) is 23.6 Å². The summed E-state index contributed by atoms with van der Waals surface area (Å²) in [5.74, 6) is 1.60. The molecule has 0 amide bonds. The minimum atomic E-state index is 0.788. The van der Waals surface area contributed by atoms with Crippen LogP contribution in [-0.2, 0) is 0 Å². The summed E-state index contributed by atoms with van der Waals surface area (Å²) in [4.78, 5) is 8.90. The Morgan fingerprint density at radius 3 is 2.29 bits per heavy atom. The van der Waals surface area contributed by atoms with Crippen molar-refractivity contribution in [3.63, 3.8) is 0 Å². The number of aromatic nitrogens is 1. The zero-order valence-corrected chi connectivity index (χ0v) is 17.3. The number of anilines is 1. The van der Waals surface area contributed by atoms with Gasteiger partial charge in [-0.15, -0.1) is 0 Å². The number of ether oxygens (including phenoxy) is 1. The van der Waals surface area contributed by atoms with E-state index in [1.54, 1.807) is 0 Å². The number of rotatable bonds is 5. The molecule has 0 bridgehead atoms. The van der Waals surface area contributed by atoms with Crippen LogP contribution in [0.3, 0.4) is 0 Å². The van der Waals surface area contributed by atoms with Crippen LogP contribution in [0.1, 0.15) is 0 Å². The van der Waals surface area contributed by atoms with Crippen molar-refractivity contribution >= 4 is 5.69 Å². The predicted molar refractivity (Wildman–Crippen MR) is 126 cm³/mol. The van der Waals surface area contributed by atoms with Gasteiger partial charge in [0.15, 0.2) is 0 Å². The van der Waals surface area contributed by atoms with Gasteiger partial charge in [-0.25, -0.2) is 0 Å². The van der Waals surface area contributed by atoms with Crippen molar-refractivity contribution in [3.8, 4) is 33.9 Å². The molecule has 5 rings (SSSR count). The van der Waals surface area contributed by atoms with E-state index in [0.29, 0.717) is 0 Å². The summed E-state index contributed by atoms with van der Waals surface area (Å²) in [6, 6.07) is 30.7. The zero-order chi connectivity index (χ0) is 21.0. The van der Waals surface area contributed by atoms with Gasteiger partial charge < -0.3 is 14.5 Å². The van der Waals surface area contributed by atoms with E-state index in [0.717, 1.165) is 40.7 Å². The smallest absolute Gasteiger partial charge is 0.129 e. The van der Waals surface area contributed by atoms with E-state index in [1.807, 2.05) is 60.8 Å². The van der Waals surface area contributed by atoms with Crippen LogP contribution in [0.4, 0.5) is 5.69 Å². The lowest BCUT2D eigenvalue weighted by Crippen LogP contribution is -2.21. The molecule has 0 radical (unpaired) electrons. The first-order valence-electron chi connectivity index (χ1n) is 10.3. The van der Waals surface area contributed by atoms with Crippen molar-refractivity contribution in [2.24, 2.45) is 0 Å². The van der Waals surface area contributed by atoms with Crippen LogP contribution in [0.2, 0.25) is 0 Å². The van der Waals surface area contributed by atoms with E-state index in [-0.39, 0.29) is 0 Å². The van der Waals surface area contributed by atoms with Crippen molar-refractivity contribution in [3.05, 3.63) is 110 Å². The van der Waals surface area contributed by atoms with E-state index in [9.17, 15) is 0 Å². The molecular weight excluding hydrogens is 382 g/mol. The van der Waals surface area contributed by atoms with Gasteiger partial charge in [0.05, 0.1) is 12.4 Å². The molecule has 1 aliphatic rings. The fraction of sp³-hybridized carbons (Fsp3) is 0.0741. The predicted octanol–water partition coefficient (Wildman–Crippen LogP) is 6.39. The summed E-state index contributed by atoms with van der Waals surface area (Å²) in [7, 11) is 2.06. The second-order valence-electron chi connectivity index (χ2n) is 7.59. The van der Waals surface area contributed by atoms with Gasteiger partial charge in [0, 0.05) is 43.0 Å². The first kappa shape index (κ1) is 18.9. The molecule has 0 spiro atoms. The largest absolute Gasteiger partial charge is 0.457 e. The second kappa shape index (κ2) is 8.36. The number of pyridine rings is 1. The Balaban J connectivity index is 1.39. The third-order valence-electron chi connectivity index (χ3n) is 5.26. The highest BCUT2D eigenvalue weighted by molar-refractivity contribution is 5.71. The Bertz CT molecular complexity index is 1220. The molecule has 0 saturated heterocycles. The van der Waals surface area contributed by atoms with Crippen molar-refractivity contribution in [1.82, 2.24) is 9.88 Å². The fourth-order valence-corrected chi connectivity index (χ4v) is 3.68. The summed E-state index contributed by atoms with van der Waals surface area (Å²) in [6.07, 6.45) is 5.99. The van der Waals surface area contributed by atoms with Gasteiger partial charge >= 0.3 is 0 Å². The summed E-state index contributed by atoms with van der Waals surface area (Å²) in [6.45, 7) is 0.836. The molecule has 0 fully saturated rings. The summed E-state index contributed by atoms with van der Waals surface area (Å²) >= 11 is 0. The van der Waals surface area contributed by atoms with Crippen molar-refractivity contribution in [2.45, 2.75) is 0 Å². The third kappa shape index (κ3) is 4.28. The minimum Gasteiger partial charge on any atom is -0.457 e. The lowest BCUT2D eigenvalue weighted by molar-refractivity contribution is 0.481. The molecule has 2 heterocycles. The van der Waals surface area contributed by atoms with Crippen LogP contribution >= 0.6 is 0 Å². The number of benzene rings is 3. The minimum absolute atomic E-state index is 0.788. The first-order valence-corrected chi connectivity index (χ1v) is 10.3. The van der Waals surface area contributed by atoms with Crippen molar-refractivity contribution in [2.75, 3.05) is 18.6 Å². The van der Waals surface area contributed by atoms with E-state index < -0.39 is 0 Å². The maximum Gasteiger partial charge on any atom is 0.129 e.